The van der Waals surface area contributed by atoms with Crippen LogP contribution in [0.25, 0.3) is 0 Å². The third-order valence-electron chi connectivity index (χ3n) is 3.00. The van der Waals surface area contributed by atoms with Crippen molar-refractivity contribution in [1.82, 2.24) is 0 Å². The van der Waals surface area contributed by atoms with Crippen molar-refractivity contribution in [2.24, 2.45) is 5.92 Å². The molecular formula is C14H21NO3Si. The summed E-state index contributed by atoms with van der Waals surface area (Å²) in [6, 6.07) is 7.02. The van der Waals surface area contributed by atoms with Crippen molar-refractivity contribution in [3.8, 4) is 0 Å². The smallest absolute Gasteiger partial charge is 0.269 e. The second-order valence-electron chi connectivity index (χ2n) is 5.96. The van der Waals surface area contributed by atoms with Crippen LogP contribution >= 0.6 is 0 Å². The van der Waals surface area contributed by atoms with Crippen LogP contribution in [0, 0.1) is 16.0 Å². The maximum absolute atomic E-state index is 10.6. The molecule has 0 amide bonds. The number of non-ortho nitro benzene ring substituents is 1. The van der Waals surface area contributed by atoms with Gasteiger partial charge in [0.1, 0.15) is 0 Å². The van der Waals surface area contributed by atoms with Gasteiger partial charge in [-0.2, -0.15) is 0 Å². The molecule has 0 heterocycles. The summed E-state index contributed by atoms with van der Waals surface area (Å²) in [5.41, 5.74) is 0.741. The summed E-state index contributed by atoms with van der Waals surface area (Å²) in [5, 5.41) is 20.9. The lowest BCUT2D eigenvalue weighted by Crippen LogP contribution is -2.26. The molecule has 0 saturated carbocycles. The Morgan fingerprint density at radius 3 is 2.26 bits per heavy atom. The number of hydrogen-bond acceptors (Lipinski definition) is 3. The summed E-state index contributed by atoms with van der Waals surface area (Å²) in [6.07, 6.45) is 1.13. The minimum absolute atomic E-state index is 0.00637. The molecule has 4 nitrogen and oxygen atoms in total. The van der Waals surface area contributed by atoms with E-state index in [0.29, 0.717) is 5.56 Å². The van der Waals surface area contributed by atoms with E-state index in [-0.39, 0.29) is 11.6 Å². The molecule has 0 fully saturated rings. The lowest BCUT2D eigenvalue weighted by Gasteiger charge is -2.26. The molecule has 0 unspecified atom stereocenters. The zero-order valence-electron chi connectivity index (χ0n) is 11.7. The zero-order chi connectivity index (χ0) is 14.6. The minimum atomic E-state index is -1.31. The van der Waals surface area contributed by atoms with Crippen molar-refractivity contribution in [2.75, 3.05) is 0 Å². The van der Waals surface area contributed by atoms with Crippen LogP contribution in [0.3, 0.4) is 0 Å². The van der Waals surface area contributed by atoms with Gasteiger partial charge in [-0.25, -0.2) is 0 Å². The third kappa shape index (κ3) is 4.61. The van der Waals surface area contributed by atoms with Gasteiger partial charge < -0.3 is 5.11 Å². The van der Waals surface area contributed by atoms with E-state index >= 15 is 0 Å². The van der Waals surface area contributed by atoms with Crippen molar-refractivity contribution >= 4 is 13.8 Å². The summed E-state index contributed by atoms with van der Waals surface area (Å²) in [7, 11) is -1.31. The SMILES string of the molecule is C=C[C@H](C[Si](C)(C)C)[C@H](O)c1ccc([N+](=O)[O-])cc1. The van der Waals surface area contributed by atoms with Crippen LogP contribution in [0.15, 0.2) is 36.9 Å². The number of hydrogen-bond donors (Lipinski definition) is 1. The Balaban J connectivity index is 2.88. The Labute approximate surface area is 114 Å². The van der Waals surface area contributed by atoms with E-state index in [1.165, 1.54) is 12.1 Å². The summed E-state index contributed by atoms with van der Waals surface area (Å²) >= 11 is 0. The van der Waals surface area contributed by atoms with Crippen molar-refractivity contribution in [2.45, 2.75) is 31.8 Å². The highest BCUT2D eigenvalue weighted by atomic mass is 28.3. The van der Waals surface area contributed by atoms with E-state index in [9.17, 15) is 15.2 Å². The van der Waals surface area contributed by atoms with Crippen molar-refractivity contribution in [3.05, 3.63) is 52.6 Å². The molecule has 1 rings (SSSR count). The van der Waals surface area contributed by atoms with E-state index in [1.807, 2.05) is 0 Å². The molecule has 0 aliphatic heterocycles. The average Bonchev–Trinajstić information content (AvgIpc) is 2.34. The number of aliphatic hydroxyl groups is 1. The number of nitrogens with zero attached hydrogens (tertiary/aromatic N) is 1. The van der Waals surface area contributed by atoms with Crippen LogP contribution in [0.2, 0.25) is 25.7 Å². The number of rotatable bonds is 6. The van der Waals surface area contributed by atoms with Crippen LogP contribution in [-0.4, -0.2) is 18.1 Å². The first kappa shape index (κ1) is 15.6. The Hall–Kier alpha value is -1.46. The normalized spacial score (nSPS) is 14.7. The Kier molecular flexibility index (Phi) is 5.02. The highest BCUT2D eigenvalue weighted by molar-refractivity contribution is 6.76. The van der Waals surface area contributed by atoms with Gasteiger partial charge in [0.15, 0.2) is 0 Å². The largest absolute Gasteiger partial charge is 0.388 e. The van der Waals surface area contributed by atoms with E-state index in [4.69, 9.17) is 0 Å². The summed E-state index contributed by atoms with van der Waals surface area (Å²) < 4.78 is 0. The standard InChI is InChI=1S/C14H21NO3Si/c1-5-11(10-19(2,3)4)14(16)12-6-8-13(9-7-12)15(17)18/h5-9,11,14,16H,1,10H2,2-4H3/t11-,14+/m1/s1. The van der Waals surface area contributed by atoms with Gasteiger partial charge in [-0.05, 0) is 23.7 Å². The number of nitro groups is 1. The van der Waals surface area contributed by atoms with E-state index in [2.05, 4.69) is 26.2 Å². The maximum atomic E-state index is 10.6. The van der Waals surface area contributed by atoms with E-state index < -0.39 is 19.1 Å². The molecule has 19 heavy (non-hydrogen) atoms. The van der Waals surface area contributed by atoms with Gasteiger partial charge in [0.25, 0.3) is 5.69 Å². The predicted molar refractivity (Wildman–Crippen MR) is 79.9 cm³/mol. The Morgan fingerprint density at radius 1 is 1.37 bits per heavy atom. The second-order valence-corrected chi connectivity index (χ2v) is 11.5. The lowest BCUT2D eigenvalue weighted by molar-refractivity contribution is -0.384. The molecule has 1 aromatic carbocycles. The van der Waals surface area contributed by atoms with Gasteiger partial charge in [-0.15, -0.1) is 6.58 Å². The molecule has 0 aliphatic carbocycles. The van der Waals surface area contributed by atoms with Crippen LogP contribution < -0.4 is 0 Å². The summed E-state index contributed by atoms with van der Waals surface area (Å²) in [6.45, 7) is 10.5. The molecule has 0 aromatic heterocycles. The first-order chi connectivity index (χ1) is 8.74. The maximum Gasteiger partial charge on any atom is 0.269 e. The van der Waals surface area contributed by atoms with Gasteiger partial charge in [-0.1, -0.05) is 25.7 Å². The van der Waals surface area contributed by atoms with Gasteiger partial charge in [-0.3, -0.25) is 10.1 Å². The lowest BCUT2D eigenvalue weighted by atomic mass is 9.97. The fourth-order valence-corrected chi connectivity index (χ4v) is 3.88. The molecular weight excluding hydrogens is 258 g/mol. The fraction of sp³-hybridized carbons (Fsp3) is 0.429. The monoisotopic (exact) mass is 279 g/mol. The first-order valence-electron chi connectivity index (χ1n) is 6.29. The highest BCUT2D eigenvalue weighted by Gasteiger charge is 2.25. The number of benzene rings is 1. The average molecular weight is 279 g/mol. The van der Waals surface area contributed by atoms with Gasteiger partial charge in [0.2, 0.25) is 0 Å². The number of aliphatic hydroxyl groups excluding tert-OH is 1. The van der Waals surface area contributed by atoms with E-state index in [0.717, 1.165) is 6.04 Å². The highest BCUT2D eigenvalue weighted by Crippen LogP contribution is 2.31. The van der Waals surface area contributed by atoms with E-state index in [1.54, 1.807) is 18.2 Å². The quantitative estimate of drug-likeness (QED) is 0.373. The van der Waals surface area contributed by atoms with Gasteiger partial charge in [0, 0.05) is 26.1 Å². The third-order valence-corrected chi connectivity index (χ3v) is 4.70. The zero-order valence-corrected chi connectivity index (χ0v) is 12.7. The van der Waals surface area contributed by atoms with Crippen LogP contribution in [0.1, 0.15) is 11.7 Å². The molecule has 0 saturated heterocycles. The minimum Gasteiger partial charge on any atom is -0.388 e. The first-order valence-corrected chi connectivity index (χ1v) is 10.0. The molecule has 2 atom stereocenters. The summed E-state index contributed by atoms with van der Waals surface area (Å²) in [5.74, 6) is -0.00637. The predicted octanol–water partition coefficient (Wildman–Crippen LogP) is 3.77. The topological polar surface area (TPSA) is 63.4 Å². The molecule has 104 valence electrons. The molecule has 0 aliphatic rings. The van der Waals surface area contributed by atoms with Crippen LogP contribution in [0.4, 0.5) is 5.69 Å². The molecule has 0 bridgehead atoms. The summed E-state index contributed by atoms with van der Waals surface area (Å²) in [4.78, 5) is 10.2. The molecule has 1 aromatic rings. The van der Waals surface area contributed by atoms with Gasteiger partial charge in [0.05, 0.1) is 11.0 Å². The fourth-order valence-electron chi connectivity index (χ4n) is 2.07. The second kappa shape index (κ2) is 6.12. The molecule has 0 radical (unpaired) electrons. The Bertz CT molecular complexity index is 451. The van der Waals surface area contributed by atoms with Crippen molar-refractivity contribution in [3.63, 3.8) is 0 Å². The van der Waals surface area contributed by atoms with Crippen molar-refractivity contribution in [1.29, 1.82) is 0 Å². The number of nitro benzene ring substituents is 1. The van der Waals surface area contributed by atoms with Crippen LogP contribution in [0.5, 0.6) is 0 Å². The van der Waals surface area contributed by atoms with Crippen molar-refractivity contribution < 1.29 is 10.0 Å². The van der Waals surface area contributed by atoms with Gasteiger partial charge >= 0.3 is 0 Å². The Morgan fingerprint density at radius 2 is 1.89 bits per heavy atom. The van der Waals surface area contributed by atoms with Crippen LogP contribution in [-0.2, 0) is 0 Å². The molecule has 0 spiro atoms. The molecule has 5 heteroatoms. The molecule has 1 N–H and O–H groups in total.